The van der Waals surface area contributed by atoms with Crippen LogP contribution in [0.1, 0.15) is 20.3 Å². The third kappa shape index (κ3) is 3.96. The van der Waals surface area contributed by atoms with E-state index in [1.807, 2.05) is 31.2 Å². The average Bonchev–Trinajstić information content (AvgIpc) is 2.41. The average molecular weight is 262 g/mol. The van der Waals surface area contributed by atoms with Crippen LogP contribution in [0.5, 0.6) is 5.75 Å². The van der Waals surface area contributed by atoms with E-state index in [1.54, 1.807) is 0 Å². The number of hydrogen-bond donors (Lipinski definition) is 2. The first-order valence-corrected chi connectivity index (χ1v) is 6.93. The number of hydrogen-bond acceptors (Lipinski definition) is 3. The number of piperidine rings is 1. The summed E-state index contributed by atoms with van der Waals surface area (Å²) in [7, 11) is 0. The minimum absolute atomic E-state index is 0.0651. The standard InChI is InChI=1S/C15H22N2O2/c1-3-19-14-6-4-13(5-7-14)17-15(18)12-8-11(2)9-16-10-12/h4-7,11-12,16H,3,8-10H2,1-2H3,(H,17,18). The van der Waals surface area contributed by atoms with Crippen LogP contribution in [-0.4, -0.2) is 25.6 Å². The summed E-state index contributed by atoms with van der Waals surface area (Å²) in [5.74, 6) is 1.55. The van der Waals surface area contributed by atoms with E-state index >= 15 is 0 Å². The van der Waals surface area contributed by atoms with Gasteiger partial charge in [-0.15, -0.1) is 0 Å². The van der Waals surface area contributed by atoms with Crippen molar-refractivity contribution in [3.05, 3.63) is 24.3 Å². The molecule has 1 aromatic carbocycles. The van der Waals surface area contributed by atoms with Gasteiger partial charge in [-0.1, -0.05) is 6.92 Å². The lowest BCUT2D eigenvalue weighted by molar-refractivity contribution is -0.120. The van der Waals surface area contributed by atoms with Gasteiger partial charge in [0, 0.05) is 12.2 Å². The number of rotatable bonds is 4. The van der Waals surface area contributed by atoms with Crippen molar-refractivity contribution in [2.45, 2.75) is 20.3 Å². The highest BCUT2D eigenvalue weighted by Crippen LogP contribution is 2.20. The van der Waals surface area contributed by atoms with Crippen LogP contribution in [0.3, 0.4) is 0 Å². The van der Waals surface area contributed by atoms with Crippen LogP contribution in [-0.2, 0) is 4.79 Å². The molecule has 1 amide bonds. The third-order valence-corrected chi connectivity index (χ3v) is 3.37. The summed E-state index contributed by atoms with van der Waals surface area (Å²) in [5, 5.41) is 6.26. The number of carbonyl (C=O) groups is 1. The molecule has 2 N–H and O–H groups in total. The molecule has 0 bridgehead atoms. The van der Waals surface area contributed by atoms with E-state index in [4.69, 9.17) is 4.74 Å². The van der Waals surface area contributed by atoms with E-state index in [-0.39, 0.29) is 11.8 Å². The lowest BCUT2D eigenvalue weighted by Crippen LogP contribution is -2.40. The molecule has 2 atom stereocenters. The van der Waals surface area contributed by atoms with Crippen LogP contribution in [0.2, 0.25) is 0 Å². The molecule has 0 aliphatic carbocycles. The van der Waals surface area contributed by atoms with Crippen LogP contribution in [0.25, 0.3) is 0 Å². The van der Waals surface area contributed by atoms with Crippen molar-refractivity contribution in [1.82, 2.24) is 5.32 Å². The molecule has 4 heteroatoms. The summed E-state index contributed by atoms with van der Waals surface area (Å²) in [4.78, 5) is 12.1. The number of benzene rings is 1. The van der Waals surface area contributed by atoms with Crippen molar-refractivity contribution >= 4 is 11.6 Å². The number of nitrogens with one attached hydrogen (secondary N) is 2. The van der Waals surface area contributed by atoms with Crippen molar-refractivity contribution < 1.29 is 9.53 Å². The van der Waals surface area contributed by atoms with Crippen LogP contribution in [0.4, 0.5) is 5.69 Å². The van der Waals surface area contributed by atoms with Crippen LogP contribution in [0, 0.1) is 11.8 Å². The van der Waals surface area contributed by atoms with Gasteiger partial charge in [0.25, 0.3) is 0 Å². The van der Waals surface area contributed by atoms with Gasteiger partial charge < -0.3 is 15.4 Å². The lowest BCUT2D eigenvalue weighted by Gasteiger charge is -2.26. The van der Waals surface area contributed by atoms with E-state index in [0.29, 0.717) is 12.5 Å². The Hall–Kier alpha value is -1.55. The van der Waals surface area contributed by atoms with E-state index < -0.39 is 0 Å². The monoisotopic (exact) mass is 262 g/mol. The molecule has 4 nitrogen and oxygen atoms in total. The highest BCUT2D eigenvalue weighted by molar-refractivity contribution is 5.92. The number of ether oxygens (including phenoxy) is 1. The van der Waals surface area contributed by atoms with Crippen LogP contribution >= 0.6 is 0 Å². The molecule has 1 saturated heterocycles. The predicted molar refractivity (Wildman–Crippen MR) is 76.4 cm³/mol. The fourth-order valence-corrected chi connectivity index (χ4v) is 2.40. The molecule has 2 rings (SSSR count). The minimum atomic E-state index is 0.0651. The van der Waals surface area contributed by atoms with Crippen molar-refractivity contribution in [3.8, 4) is 5.75 Å². The maximum atomic E-state index is 12.1. The molecule has 1 fully saturated rings. The summed E-state index contributed by atoms with van der Waals surface area (Å²) in [6.45, 7) is 6.55. The Morgan fingerprint density at radius 1 is 1.37 bits per heavy atom. The summed E-state index contributed by atoms with van der Waals surface area (Å²) in [6, 6.07) is 7.51. The molecule has 1 aliphatic rings. The molecule has 104 valence electrons. The zero-order chi connectivity index (χ0) is 13.7. The number of amides is 1. The zero-order valence-corrected chi connectivity index (χ0v) is 11.6. The van der Waals surface area contributed by atoms with Crippen LogP contribution in [0.15, 0.2) is 24.3 Å². The molecule has 1 aromatic rings. The van der Waals surface area contributed by atoms with E-state index in [9.17, 15) is 4.79 Å². The topological polar surface area (TPSA) is 50.4 Å². The number of anilines is 1. The second-order valence-corrected chi connectivity index (χ2v) is 5.14. The summed E-state index contributed by atoms with van der Waals surface area (Å²) < 4.78 is 5.37. The molecule has 1 heterocycles. The zero-order valence-electron chi connectivity index (χ0n) is 11.6. The van der Waals surface area contributed by atoms with Gasteiger partial charge >= 0.3 is 0 Å². The third-order valence-electron chi connectivity index (χ3n) is 3.37. The molecule has 2 unspecified atom stereocenters. The second kappa shape index (κ2) is 6.57. The van der Waals surface area contributed by atoms with E-state index in [1.165, 1.54) is 0 Å². The summed E-state index contributed by atoms with van der Waals surface area (Å²) in [6.07, 6.45) is 0.954. The van der Waals surface area contributed by atoms with Gasteiger partial charge in [0.2, 0.25) is 5.91 Å². The molecular weight excluding hydrogens is 240 g/mol. The Balaban J connectivity index is 1.90. The Morgan fingerprint density at radius 2 is 2.11 bits per heavy atom. The quantitative estimate of drug-likeness (QED) is 0.875. The molecular formula is C15H22N2O2. The summed E-state index contributed by atoms with van der Waals surface area (Å²) in [5.41, 5.74) is 0.826. The normalized spacial score (nSPS) is 22.8. The fraction of sp³-hybridized carbons (Fsp3) is 0.533. The fourth-order valence-electron chi connectivity index (χ4n) is 2.40. The Kier molecular flexibility index (Phi) is 4.80. The lowest BCUT2D eigenvalue weighted by atomic mass is 9.91. The second-order valence-electron chi connectivity index (χ2n) is 5.14. The highest BCUT2D eigenvalue weighted by Gasteiger charge is 2.24. The molecule has 19 heavy (non-hydrogen) atoms. The maximum Gasteiger partial charge on any atom is 0.228 e. The first-order valence-electron chi connectivity index (χ1n) is 6.93. The van der Waals surface area contributed by atoms with Gasteiger partial charge in [0.05, 0.1) is 12.5 Å². The predicted octanol–water partition coefficient (Wildman–Crippen LogP) is 2.27. The summed E-state index contributed by atoms with van der Waals surface area (Å²) >= 11 is 0. The highest BCUT2D eigenvalue weighted by atomic mass is 16.5. The van der Waals surface area contributed by atoms with Gasteiger partial charge in [0.15, 0.2) is 0 Å². The van der Waals surface area contributed by atoms with Gasteiger partial charge in [-0.05, 0) is 50.1 Å². The largest absolute Gasteiger partial charge is 0.494 e. The Labute approximate surface area is 114 Å². The van der Waals surface area contributed by atoms with Gasteiger partial charge in [-0.2, -0.15) is 0 Å². The van der Waals surface area contributed by atoms with Crippen molar-refractivity contribution in [2.75, 3.05) is 25.0 Å². The number of carbonyl (C=O) groups excluding carboxylic acids is 1. The molecule has 0 saturated carbocycles. The molecule has 0 aromatic heterocycles. The van der Waals surface area contributed by atoms with Gasteiger partial charge in [-0.3, -0.25) is 4.79 Å². The van der Waals surface area contributed by atoms with Crippen molar-refractivity contribution in [1.29, 1.82) is 0 Å². The Morgan fingerprint density at radius 3 is 2.74 bits per heavy atom. The van der Waals surface area contributed by atoms with Crippen molar-refractivity contribution in [3.63, 3.8) is 0 Å². The molecule has 1 aliphatic heterocycles. The molecule has 0 spiro atoms. The van der Waals surface area contributed by atoms with Crippen LogP contribution < -0.4 is 15.4 Å². The SMILES string of the molecule is CCOc1ccc(NC(=O)C2CNCC(C)C2)cc1. The Bertz CT molecular complexity index is 417. The smallest absolute Gasteiger partial charge is 0.228 e. The van der Waals surface area contributed by atoms with E-state index in [0.717, 1.165) is 30.9 Å². The van der Waals surface area contributed by atoms with Gasteiger partial charge in [0.1, 0.15) is 5.75 Å². The maximum absolute atomic E-state index is 12.1. The van der Waals surface area contributed by atoms with E-state index in [2.05, 4.69) is 17.6 Å². The minimum Gasteiger partial charge on any atom is -0.494 e. The molecule has 0 radical (unpaired) electrons. The first-order chi connectivity index (χ1) is 9.19. The van der Waals surface area contributed by atoms with Crippen molar-refractivity contribution in [2.24, 2.45) is 11.8 Å². The first kappa shape index (κ1) is 13.9. The van der Waals surface area contributed by atoms with Gasteiger partial charge in [-0.25, -0.2) is 0 Å².